The number of amides is 3. The van der Waals surface area contributed by atoms with E-state index in [-0.39, 0.29) is 12.1 Å². The van der Waals surface area contributed by atoms with Crippen LogP contribution in [0.25, 0.3) is 0 Å². The minimum absolute atomic E-state index is 0.0222. The molecule has 4 N–H and O–H groups in total. The molecule has 9 heteroatoms. The summed E-state index contributed by atoms with van der Waals surface area (Å²) in [5, 5.41) is 21.4. The van der Waals surface area contributed by atoms with E-state index in [4.69, 9.17) is 5.21 Å². The third kappa shape index (κ3) is 5.05. The Kier molecular flexibility index (Phi) is 7.89. The second-order valence-corrected chi connectivity index (χ2v) is 6.83. The smallest absolute Gasteiger partial charge is 0.272 e. The van der Waals surface area contributed by atoms with Gasteiger partial charge in [0, 0.05) is 6.54 Å². The zero-order valence-electron chi connectivity index (χ0n) is 15.7. The fourth-order valence-electron chi connectivity index (χ4n) is 3.38. The fraction of sp³-hybridized carbons (Fsp3) is 0.526. The third-order valence-corrected chi connectivity index (χ3v) is 4.92. The molecule has 1 aliphatic heterocycles. The van der Waals surface area contributed by atoms with Crippen LogP contribution in [0.1, 0.15) is 39.0 Å². The molecule has 0 aromatic heterocycles. The van der Waals surface area contributed by atoms with Crippen molar-refractivity contribution in [1.82, 2.24) is 10.4 Å². The molecule has 1 saturated heterocycles. The van der Waals surface area contributed by atoms with Crippen LogP contribution in [0.5, 0.6) is 0 Å². The molecule has 1 fully saturated rings. The van der Waals surface area contributed by atoms with Gasteiger partial charge in [-0.3, -0.25) is 19.6 Å². The molecule has 0 aliphatic carbocycles. The van der Waals surface area contributed by atoms with Gasteiger partial charge in [0.1, 0.15) is 18.0 Å². The highest BCUT2D eigenvalue weighted by atomic mass is 19.1. The highest BCUT2D eigenvalue weighted by molar-refractivity contribution is 5.98. The van der Waals surface area contributed by atoms with Gasteiger partial charge in [-0.05, 0) is 31.4 Å². The first-order chi connectivity index (χ1) is 13.4. The molecule has 1 aromatic rings. The molecule has 3 unspecified atom stereocenters. The Morgan fingerprint density at radius 1 is 1.32 bits per heavy atom. The number of carbonyl (C=O) groups is 3. The number of likely N-dealkylation sites (tertiary alicyclic amines) is 1. The van der Waals surface area contributed by atoms with Crippen molar-refractivity contribution in [3.8, 4) is 0 Å². The number of hydroxylamine groups is 1. The molecular formula is C19H26FN3O5. The number of unbranched alkanes of at least 4 members (excludes halogenated alkanes) is 1. The van der Waals surface area contributed by atoms with E-state index in [0.717, 1.165) is 6.42 Å². The summed E-state index contributed by atoms with van der Waals surface area (Å²) in [5.74, 6) is -3.78. The number of aliphatic hydroxyl groups is 1. The van der Waals surface area contributed by atoms with E-state index < -0.39 is 41.6 Å². The highest BCUT2D eigenvalue weighted by Crippen LogP contribution is 2.25. The van der Waals surface area contributed by atoms with Crippen LogP contribution in [0.4, 0.5) is 10.1 Å². The first-order valence-corrected chi connectivity index (χ1v) is 9.38. The van der Waals surface area contributed by atoms with Crippen LogP contribution in [0, 0.1) is 11.7 Å². The summed E-state index contributed by atoms with van der Waals surface area (Å²) in [7, 11) is 0. The van der Waals surface area contributed by atoms with Crippen molar-refractivity contribution in [1.29, 1.82) is 0 Å². The summed E-state index contributed by atoms with van der Waals surface area (Å²) in [6, 6.07) is 4.91. The number of benzene rings is 1. The largest absolute Gasteiger partial charge is 0.382 e. The van der Waals surface area contributed by atoms with Crippen molar-refractivity contribution in [2.75, 3.05) is 11.9 Å². The van der Waals surface area contributed by atoms with Gasteiger partial charge in [-0.15, -0.1) is 0 Å². The maximum Gasteiger partial charge on any atom is 0.272 e. The molecular weight excluding hydrogens is 369 g/mol. The van der Waals surface area contributed by atoms with E-state index >= 15 is 0 Å². The predicted octanol–water partition coefficient (Wildman–Crippen LogP) is 1.43. The summed E-state index contributed by atoms with van der Waals surface area (Å²) in [6.45, 7) is 2.20. The molecule has 2 rings (SSSR count). The van der Waals surface area contributed by atoms with Gasteiger partial charge >= 0.3 is 0 Å². The van der Waals surface area contributed by atoms with E-state index in [9.17, 15) is 23.9 Å². The van der Waals surface area contributed by atoms with Gasteiger partial charge in [-0.2, -0.15) is 0 Å². The lowest BCUT2D eigenvalue weighted by molar-refractivity contribution is -0.152. The van der Waals surface area contributed by atoms with Crippen molar-refractivity contribution in [2.24, 2.45) is 5.92 Å². The first-order valence-electron chi connectivity index (χ1n) is 9.38. The zero-order chi connectivity index (χ0) is 20.7. The number of hydrogen-bond donors (Lipinski definition) is 4. The van der Waals surface area contributed by atoms with Gasteiger partial charge in [-0.1, -0.05) is 31.9 Å². The number of nitrogens with zero attached hydrogens (tertiary/aromatic N) is 1. The van der Waals surface area contributed by atoms with Crippen molar-refractivity contribution in [3.63, 3.8) is 0 Å². The monoisotopic (exact) mass is 395 g/mol. The number of aliphatic hydroxyl groups excluding tert-OH is 1. The number of anilines is 1. The Bertz CT molecular complexity index is 715. The maximum atomic E-state index is 13.8. The Morgan fingerprint density at radius 3 is 2.68 bits per heavy atom. The molecule has 28 heavy (non-hydrogen) atoms. The minimum atomic E-state index is -1.72. The lowest BCUT2D eigenvalue weighted by atomic mass is 9.93. The van der Waals surface area contributed by atoms with E-state index in [2.05, 4.69) is 5.32 Å². The van der Waals surface area contributed by atoms with Crippen molar-refractivity contribution < 1.29 is 29.1 Å². The maximum absolute atomic E-state index is 13.8. The lowest BCUT2D eigenvalue weighted by Gasteiger charge is -2.30. The Morgan fingerprint density at radius 2 is 2.04 bits per heavy atom. The number of carbonyl (C=O) groups excluding carboxylic acids is 3. The molecule has 0 radical (unpaired) electrons. The van der Waals surface area contributed by atoms with Gasteiger partial charge in [0.05, 0.1) is 11.6 Å². The summed E-state index contributed by atoms with van der Waals surface area (Å²) in [5.41, 5.74) is 1.38. The average molecular weight is 395 g/mol. The summed E-state index contributed by atoms with van der Waals surface area (Å²) >= 11 is 0. The van der Waals surface area contributed by atoms with E-state index in [1.807, 2.05) is 6.92 Å². The number of nitrogens with one attached hydrogen (secondary N) is 2. The predicted molar refractivity (Wildman–Crippen MR) is 98.7 cm³/mol. The highest BCUT2D eigenvalue weighted by Gasteiger charge is 2.41. The molecule has 1 aromatic carbocycles. The quantitative estimate of drug-likeness (QED) is 0.392. The summed E-state index contributed by atoms with van der Waals surface area (Å²) in [6.07, 6.45) is 0.821. The summed E-state index contributed by atoms with van der Waals surface area (Å²) < 4.78 is 13.8. The van der Waals surface area contributed by atoms with Gasteiger partial charge in [0.2, 0.25) is 11.8 Å². The molecule has 0 spiro atoms. The van der Waals surface area contributed by atoms with E-state index in [1.165, 1.54) is 28.6 Å². The molecule has 0 saturated carbocycles. The number of rotatable bonds is 8. The zero-order valence-corrected chi connectivity index (χ0v) is 15.7. The van der Waals surface area contributed by atoms with Crippen LogP contribution in [-0.2, 0) is 14.4 Å². The lowest BCUT2D eigenvalue weighted by Crippen LogP contribution is -2.50. The number of halogens is 1. The Balaban J connectivity index is 2.15. The van der Waals surface area contributed by atoms with Crippen LogP contribution in [-0.4, -0.2) is 51.6 Å². The summed E-state index contributed by atoms with van der Waals surface area (Å²) in [4.78, 5) is 38.6. The van der Waals surface area contributed by atoms with Crippen LogP contribution < -0.4 is 10.8 Å². The van der Waals surface area contributed by atoms with Crippen LogP contribution >= 0.6 is 0 Å². The topological polar surface area (TPSA) is 119 Å². The molecule has 8 nitrogen and oxygen atoms in total. The number of hydrogen-bond acceptors (Lipinski definition) is 5. The minimum Gasteiger partial charge on any atom is -0.382 e. The van der Waals surface area contributed by atoms with Crippen LogP contribution in [0.3, 0.4) is 0 Å². The average Bonchev–Trinajstić information content (AvgIpc) is 3.19. The fourth-order valence-corrected chi connectivity index (χ4v) is 3.38. The molecule has 3 amide bonds. The van der Waals surface area contributed by atoms with Crippen molar-refractivity contribution in [3.05, 3.63) is 30.1 Å². The second kappa shape index (κ2) is 10.1. The Labute approximate surface area is 162 Å². The van der Waals surface area contributed by atoms with Gasteiger partial charge < -0.3 is 15.3 Å². The molecule has 1 heterocycles. The Hall–Kier alpha value is -2.52. The van der Waals surface area contributed by atoms with Crippen molar-refractivity contribution >= 4 is 23.4 Å². The third-order valence-electron chi connectivity index (χ3n) is 4.92. The van der Waals surface area contributed by atoms with E-state index in [0.29, 0.717) is 25.8 Å². The second-order valence-electron chi connectivity index (χ2n) is 6.83. The SMILES string of the molecule is CCCCC(C(=O)N1CCCC1C(=O)Nc1ccccc1F)C(O)C(=O)NO. The van der Waals surface area contributed by atoms with Crippen molar-refractivity contribution in [2.45, 2.75) is 51.2 Å². The molecule has 0 bridgehead atoms. The van der Waals surface area contributed by atoms with Crippen LogP contribution in [0.2, 0.25) is 0 Å². The first kappa shape index (κ1) is 21.8. The molecule has 154 valence electrons. The standard InChI is InChI=1S/C19H26FN3O5/c1-2-3-7-12(16(24)18(26)22-28)19(27)23-11-6-10-15(23)17(25)21-14-9-5-4-8-13(14)20/h4-5,8-9,12,15-16,24,28H,2-3,6-7,10-11H2,1H3,(H,21,25)(H,22,26). The number of para-hydroxylation sites is 1. The van der Waals surface area contributed by atoms with Gasteiger partial charge in [0.15, 0.2) is 0 Å². The normalized spacial score (nSPS) is 18.4. The van der Waals surface area contributed by atoms with Crippen LogP contribution in [0.15, 0.2) is 24.3 Å². The molecule has 3 atom stereocenters. The van der Waals surface area contributed by atoms with E-state index in [1.54, 1.807) is 6.07 Å². The van der Waals surface area contributed by atoms with Gasteiger partial charge in [-0.25, -0.2) is 9.87 Å². The molecule has 1 aliphatic rings. The van der Waals surface area contributed by atoms with Gasteiger partial charge in [0.25, 0.3) is 5.91 Å².